The summed E-state index contributed by atoms with van der Waals surface area (Å²) in [5.74, 6) is 0.426. The Morgan fingerprint density at radius 3 is 2.00 bits per heavy atom. The normalized spacial score (nSPS) is 11.8. The molecule has 0 saturated carbocycles. The Morgan fingerprint density at radius 2 is 1.43 bits per heavy atom. The van der Waals surface area contributed by atoms with Crippen molar-refractivity contribution in [2.24, 2.45) is 4.99 Å². The molecule has 0 fully saturated rings. The van der Waals surface area contributed by atoms with Gasteiger partial charge in [0.2, 0.25) is 0 Å². The Bertz CT molecular complexity index is 828. The molecule has 0 bridgehead atoms. The molecule has 2 heteroatoms. The molecule has 2 rings (SSSR count). The van der Waals surface area contributed by atoms with Crippen molar-refractivity contribution in [3.63, 3.8) is 0 Å². The highest BCUT2D eigenvalue weighted by Crippen LogP contribution is 2.26. The van der Waals surface area contributed by atoms with Gasteiger partial charge < -0.3 is 0 Å². The van der Waals surface area contributed by atoms with Gasteiger partial charge in [-0.25, -0.2) is 0 Å². The minimum Gasteiger partial charge on any atom is -0.300 e. The summed E-state index contributed by atoms with van der Waals surface area (Å²) in [6.45, 7) is 10.1. The summed E-state index contributed by atoms with van der Waals surface area (Å²) in [6, 6.07) is 17.5. The van der Waals surface area contributed by atoms with Crippen molar-refractivity contribution in [3.05, 3.63) is 65.2 Å². The number of hydrogen-bond acceptors (Lipinski definition) is 2. The fourth-order valence-corrected chi connectivity index (χ4v) is 3.73. The van der Waals surface area contributed by atoms with Gasteiger partial charge in [-0.05, 0) is 68.0 Å². The van der Waals surface area contributed by atoms with Gasteiger partial charge in [-0.1, -0.05) is 75.2 Å². The highest BCUT2D eigenvalue weighted by atomic mass is 16.1. The number of aryl methyl sites for hydroxylation is 1. The number of Topliss-reactive ketones (excluding diaryl/α,β-unsaturated/α-hetero) is 1. The molecule has 2 nitrogen and oxygen atoms in total. The minimum atomic E-state index is 0.426. The van der Waals surface area contributed by atoms with Crippen LogP contribution < -0.4 is 0 Å². The lowest BCUT2D eigenvalue weighted by Crippen LogP contribution is -1.96. The predicted molar refractivity (Wildman–Crippen MR) is 131 cm³/mol. The van der Waals surface area contributed by atoms with E-state index in [1.165, 1.54) is 35.1 Å². The lowest BCUT2D eigenvalue weighted by Gasteiger charge is -2.09. The topological polar surface area (TPSA) is 29.4 Å². The van der Waals surface area contributed by atoms with E-state index in [1.54, 1.807) is 0 Å². The quantitative estimate of drug-likeness (QED) is 0.246. The van der Waals surface area contributed by atoms with Crippen molar-refractivity contribution in [1.29, 1.82) is 0 Å². The van der Waals surface area contributed by atoms with Gasteiger partial charge in [0, 0.05) is 18.4 Å². The molecule has 2 aromatic carbocycles. The van der Waals surface area contributed by atoms with Gasteiger partial charge in [0.25, 0.3) is 0 Å². The zero-order valence-electron chi connectivity index (χ0n) is 19.0. The van der Waals surface area contributed by atoms with Crippen LogP contribution in [0.5, 0.6) is 0 Å². The molecular weight excluding hydrogens is 366 g/mol. The monoisotopic (exact) mass is 403 g/mol. The number of rotatable bonds is 13. The van der Waals surface area contributed by atoms with Crippen LogP contribution in [0.3, 0.4) is 0 Å². The minimum absolute atomic E-state index is 0.426. The van der Waals surface area contributed by atoms with E-state index in [0.717, 1.165) is 56.2 Å². The number of allylic oxidation sites excluding steroid dienone is 1. The molecule has 2 aromatic rings. The number of ketones is 1. The second kappa shape index (κ2) is 13.0. The number of aliphatic imine (C=N–C) groups is 1. The molecule has 0 spiro atoms. The fraction of sp³-hybridized carbons (Fsp3) is 0.429. The summed E-state index contributed by atoms with van der Waals surface area (Å²) in [7, 11) is 0. The number of unbranched alkanes of at least 4 members (excludes halogenated alkanes) is 3. The Morgan fingerprint density at radius 1 is 0.833 bits per heavy atom. The molecule has 0 amide bonds. The number of carbonyl (C=O) groups is 1. The van der Waals surface area contributed by atoms with Crippen molar-refractivity contribution in [1.82, 2.24) is 0 Å². The molecule has 0 aliphatic heterocycles. The Balaban J connectivity index is 1.84. The van der Waals surface area contributed by atoms with Gasteiger partial charge in [-0.2, -0.15) is 0 Å². The van der Waals surface area contributed by atoms with E-state index in [2.05, 4.69) is 81.0 Å². The Hall–Kier alpha value is -2.48. The molecule has 0 aliphatic rings. The molecular formula is C28H37NO. The largest absolute Gasteiger partial charge is 0.300 e. The number of nitrogens with zero attached hydrogens (tertiary/aromatic N) is 1. The second-order valence-electron chi connectivity index (χ2n) is 8.12. The average Bonchev–Trinajstić information content (AvgIpc) is 2.77. The first-order chi connectivity index (χ1) is 14.6. The van der Waals surface area contributed by atoms with Gasteiger partial charge in [0.15, 0.2) is 0 Å². The molecule has 0 N–H and O–H groups in total. The number of hydrogen-bond donors (Lipinski definition) is 0. The van der Waals surface area contributed by atoms with E-state index in [-0.39, 0.29) is 0 Å². The molecule has 0 unspecified atom stereocenters. The van der Waals surface area contributed by atoms with Crippen LogP contribution in [0, 0.1) is 0 Å². The number of benzene rings is 2. The van der Waals surface area contributed by atoms with E-state index in [1.807, 2.05) is 0 Å². The summed E-state index contributed by atoms with van der Waals surface area (Å²) in [6.07, 6.45) is 9.17. The summed E-state index contributed by atoms with van der Waals surface area (Å²) < 4.78 is 0. The smallest absolute Gasteiger partial charge is 0.132 e. The molecule has 0 atom stereocenters. The molecule has 30 heavy (non-hydrogen) atoms. The third-order valence-corrected chi connectivity index (χ3v) is 5.74. The van der Waals surface area contributed by atoms with Crippen LogP contribution in [0.4, 0.5) is 0 Å². The molecule has 0 saturated heterocycles. The lowest BCUT2D eigenvalue weighted by atomic mass is 9.98. The van der Waals surface area contributed by atoms with E-state index < -0.39 is 0 Å². The van der Waals surface area contributed by atoms with Crippen molar-refractivity contribution < 1.29 is 4.79 Å². The van der Waals surface area contributed by atoms with Gasteiger partial charge in [-0.15, -0.1) is 0 Å². The SMILES string of the molecule is C=N/C(=C(\C)CC)c1ccc(-c2ccc(CCCCCCC(=O)CCC)cc2)cc1. The van der Waals surface area contributed by atoms with Crippen LogP contribution in [0.1, 0.15) is 83.3 Å². The predicted octanol–water partition coefficient (Wildman–Crippen LogP) is 8.06. The summed E-state index contributed by atoms with van der Waals surface area (Å²) in [5.41, 5.74) is 7.23. The van der Waals surface area contributed by atoms with Crippen LogP contribution in [-0.4, -0.2) is 12.5 Å². The van der Waals surface area contributed by atoms with E-state index >= 15 is 0 Å². The fourth-order valence-electron chi connectivity index (χ4n) is 3.73. The zero-order valence-corrected chi connectivity index (χ0v) is 19.0. The van der Waals surface area contributed by atoms with E-state index in [0.29, 0.717) is 5.78 Å². The van der Waals surface area contributed by atoms with Crippen molar-refractivity contribution in [3.8, 4) is 11.1 Å². The summed E-state index contributed by atoms with van der Waals surface area (Å²) >= 11 is 0. The van der Waals surface area contributed by atoms with Crippen LogP contribution in [0.2, 0.25) is 0 Å². The summed E-state index contributed by atoms with van der Waals surface area (Å²) in [4.78, 5) is 15.8. The Labute approximate surface area is 183 Å². The highest BCUT2D eigenvalue weighted by Gasteiger charge is 2.05. The van der Waals surface area contributed by atoms with Crippen molar-refractivity contribution in [2.45, 2.75) is 78.6 Å². The summed E-state index contributed by atoms with van der Waals surface area (Å²) in [5, 5.41) is 0. The van der Waals surface area contributed by atoms with Gasteiger partial charge in [0.1, 0.15) is 5.78 Å². The maximum Gasteiger partial charge on any atom is 0.132 e. The van der Waals surface area contributed by atoms with E-state index in [4.69, 9.17) is 0 Å². The Kier molecular flexibility index (Phi) is 10.3. The van der Waals surface area contributed by atoms with Crippen LogP contribution in [0.25, 0.3) is 16.8 Å². The maximum absolute atomic E-state index is 11.5. The standard InChI is InChI=1S/C28H37NO/c1-5-11-27(30)13-10-8-7-9-12-23-14-16-24(17-15-23)25-18-20-26(21-19-25)28(29-4)22(3)6-2/h14-21H,4-13H2,1-3H3/b28-22+. The molecule has 0 heterocycles. The third-order valence-electron chi connectivity index (χ3n) is 5.74. The van der Waals surface area contributed by atoms with Gasteiger partial charge >= 0.3 is 0 Å². The molecule has 160 valence electrons. The van der Waals surface area contributed by atoms with Crippen LogP contribution in [0.15, 0.2) is 59.1 Å². The van der Waals surface area contributed by atoms with Gasteiger partial charge in [-0.3, -0.25) is 9.79 Å². The van der Waals surface area contributed by atoms with E-state index in [9.17, 15) is 4.79 Å². The highest BCUT2D eigenvalue weighted by molar-refractivity contribution is 5.78. The first-order valence-corrected chi connectivity index (χ1v) is 11.5. The molecule has 0 radical (unpaired) electrons. The van der Waals surface area contributed by atoms with Gasteiger partial charge in [0.05, 0.1) is 5.70 Å². The van der Waals surface area contributed by atoms with Crippen molar-refractivity contribution >= 4 is 18.2 Å². The first-order valence-electron chi connectivity index (χ1n) is 11.5. The van der Waals surface area contributed by atoms with Crippen molar-refractivity contribution in [2.75, 3.05) is 0 Å². The zero-order chi connectivity index (χ0) is 21.8. The number of carbonyl (C=O) groups excluding carboxylic acids is 1. The molecule has 0 aliphatic carbocycles. The lowest BCUT2D eigenvalue weighted by molar-refractivity contribution is -0.119. The average molecular weight is 404 g/mol. The van der Waals surface area contributed by atoms with Crippen LogP contribution >= 0.6 is 0 Å². The second-order valence-corrected chi connectivity index (χ2v) is 8.12. The van der Waals surface area contributed by atoms with Crippen LogP contribution in [-0.2, 0) is 11.2 Å². The third kappa shape index (κ3) is 7.40. The molecule has 0 aromatic heterocycles. The maximum atomic E-state index is 11.5. The first kappa shape index (κ1) is 23.8.